The highest BCUT2D eigenvalue weighted by Crippen LogP contribution is 2.11. The number of aryl methyl sites for hydroxylation is 1. The van der Waals surface area contributed by atoms with E-state index in [1.54, 1.807) is 42.3 Å². The van der Waals surface area contributed by atoms with Crippen LogP contribution in [0.1, 0.15) is 16.7 Å². The number of benzene rings is 2. The predicted octanol–water partition coefficient (Wildman–Crippen LogP) is 3.86. The molecular weight excluding hydrogens is 338 g/mol. The number of esters is 1. The summed E-state index contributed by atoms with van der Waals surface area (Å²) in [4.78, 5) is 25.3. The molecule has 2 rings (SSSR count). The first-order valence-corrected chi connectivity index (χ1v) is 8.22. The van der Waals surface area contributed by atoms with Gasteiger partial charge in [0.25, 0.3) is 5.91 Å². The molecule has 4 nitrogen and oxygen atoms in total. The van der Waals surface area contributed by atoms with Gasteiger partial charge in [-0.25, -0.2) is 4.79 Å². The fraction of sp³-hybridized carbons (Fsp3) is 0.200. The summed E-state index contributed by atoms with van der Waals surface area (Å²) in [6.45, 7) is 2.19. The summed E-state index contributed by atoms with van der Waals surface area (Å²) in [6.07, 6.45) is 2.90. The SMILES string of the molecule is Cc1ccccc1CN(C)C(=O)COC(=O)/C=C/c1ccc(Cl)cc1. The van der Waals surface area contributed by atoms with Crippen molar-refractivity contribution >= 4 is 29.6 Å². The highest BCUT2D eigenvalue weighted by Gasteiger charge is 2.12. The molecule has 0 atom stereocenters. The van der Waals surface area contributed by atoms with E-state index < -0.39 is 5.97 Å². The highest BCUT2D eigenvalue weighted by molar-refractivity contribution is 6.30. The van der Waals surface area contributed by atoms with Crippen LogP contribution >= 0.6 is 11.6 Å². The molecule has 0 saturated carbocycles. The molecule has 0 spiro atoms. The Morgan fingerprint density at radius 3 is 2.48 bits per heavy atom. The van der Waals surface area contributed by atoms with Gasteiger partial charge in [-0.15, -0.1) is 0 Å². The van der Waals surface area contributed by atoms with Gasteiger partial charge in [0.15, 0.2) is 6.61 Å². The van der Waals surface area contributed by atoms with Gasteiger partial charge < -0.3 is 9.64 Å². The second-order valence-corrected chi connectivity index (χ2v) is 6.11. The minimum absolute atomic E-state index is 0.253. The fourth-order valence-electron chi connectivity index (χ4n) is 2.16. The van der Waals surface area contributed by atoms with Gasteiger partial charge in [-0.1, -0.05) is 48.0 Å². The number of nitrogens with zero attached hydrogens (tertiary/aromatic N) is 1. The molecule has 2 aromatic carbocycles. The molecule has 1 amide bonds. The lowest BCUT2D eigenvalue weighted by atomic mass is 10.1. The van der Waals surface area contributed by atoms with E-state index in [-0.39, 0.29) is 12.5 Å². The van der Waals surface area contributed by atoms with E-state index in [4.69, 9.17) is 16.3 Å². The summed E-state index contributed by atoms with van der Waals surface area (Å²) < 4.78 is 5.00. The number of rotatable bonds is 6. The smallest absolute Gasteiger partial charge is 0.331 e. The molecule has 0 unspecified atom stereocenters. The summed E-state index contributed by atoms with van der Waals surface area (Å²) in [6, 6.07) is 14.9. The van der Waals surface area contributed by atoms with Gasteiger partial charge in [0, 0.05) is 24.7 Å². The van der Waals surface area contributed by atoms with E-state index in [9.17, 15) is 9.59 Å². The largest absolute Gasteiger partial charge is 0.452 e. The van der Waals surface area contributed by atoms with Crippen LogP contribution < -0.4 is 0 Å². The molecule has 2 aromatic rings. The Labute approximate surface area is 152 Å². The molecule has 5 heteroatoms. The Kier molecular flexibility index (Phi) is 6.78. The van der Waals surface area contributed by atoms with E-state index in [0.717, 1.165) is 16.7 Å². The van der Waals surface area contributed by atoms with Crippen molar-refractivity contribution in [2.24, 2.45) is 0 Å². The third-order valence-corrected chi connectivity index (χ3v) is 3.97. The highest BCUT2D eigenvalue weighted by atomic mass is 35.5. The average Bonchev–Trinajstić information content (AvgIpc) is 2.61. The number of ether oxygens (including phenoxy) is 1. The van der Waals surface area contributed by atoms with Crippen molar-refractivity contribution < 1.29 is 14.3 Å². The number of halogens is 1. The summed E-state index contributed by atoms with van der Waals surface area (Å²) in [5.41, 5.74) is 3.00. The van der Waals surface area contributed by atoms with E-state index >= 15 is 0 Å². The molecule has 0 N–H and O–H groups in total. The van der Waals surface area contributed by atoms with E-state index in [2.05, 4.69) is 0 Å². The molecule has 0 fully saturated rings. The lowest BCUT2D eigenvalue weighted by Crippen LogP contribution is -2.30. The molecule has 0 aromatic heterocycles. The minimum atomic E-state index is -0.562. The van der Waals surface area contributed by atoms with Crippen molar-refractivity contribution in [3.05, 3.63) is 76.3 Å². The van der Waals surface area contributed by atoms with Crippen molar-refractivity contribution in [1.82, 2.24) is 4.90 Å². The van der Waals surface area contributed by atoms with Crippen LogP contribution in [0.4, 0.5) is 0 Å². The number of hydrogen-bond acceptors (Lipinski definition) is 3. The Morgan fingerprint density at radius 2 is 1.80 bits per heavy atom. The number of hydrogen-bond donors (Lipinski definition) is 0. The van der Waals surface area contributed by atoms with Crippen molar-refractivity contribution in [1.29, 1.82) is 0 Å². The summed E-state index contributed by atoms with van der Waals surface area (Å²) in [5, 5.41) is 0.627. The van der Waals surface area contributed by atoms with Crippen LogP contribution in [0.2, 0.25) is 5.02 Å². The molecule has 0 aliphatic heterocycles. The van der Waals surface area contributed by atoms with E-state index in [1.165, 1.54) is 6.08 Å². The van der Waals surface area contributed by atoms with Crippen LogP contribution in [-0.4, -0.2) is 30.4 Å². The monoisotopic (exact) mass is 357 g/mol. The number of likely N-dealkylation sites (N-methyl/N-ethyl adjacent to an activating group) is 1. The molecule has 130 valence electrons. The lowest BCUT2D eigenvalue weighted by Gasteiger charge is -2.18. The molecular formula is C20H20ClNO3. The molecule has 25 heavy (non-hydrogen) atoms. The van der Waals surface area contributed by atoms with E-state index in [0.29, 0.717) is 11.6 Å². The van der Waals surface area contributed by atoms with Gasteiger partial charge in [0.1, 0.15) is 0 Å². The zero-order valence-corrected chi connectivity index (χ0v) is 15.0. The maximum absolute atomic E-state index is 12.1. The first-order chi connectivity index (χ1) is 12.0. The van der Waals surface area contributed by atoms with Crippen LogP contribution in [0, 0.1) is 6.92 Å². The Morgan fingerprint density at radius 1 is 1.12 bits per heavy atom. The quantitative estimate of drug-likeness (QED) is 0.582. The maximum Gasteiger partial charge on any atom is 0.331 e. The third-order valence-electron chi connectivity index (χ3n) is 3.71. The third kappa shape index (κ3) is 6.08. The lowest BCUT2D eigenvalue weighted by molar-refractivity contribution is -0.147. The van der Waals surface area contributed by atoms with Crippen molar-refractivity contribution in [2.75, 3.05) is 13.7 Å². The van der Waals surface area contributed by atoms with Gasteiger partial charge >= 0.3 is 5.97 Å². The standard InChI is InChI=1S/C20H20ClNO3/c1-15-5-3-4-6-17(15)13-22(2)19(23)14-25-20(24)12-9-16-7-10-18(21)11-8-16/h3-12H,13-14H2,1-2H3/b12-9+. The fourth-order valence-corrected chi connectivity index (χ4v) is 2.29. The van der Waals surface area contributed by atoms with Crippen molar-refractivity contribution in [3.8, 4) is 0 Å². The second-order valence-electron chi connectivity index (χ2n) is 5.67. The zero-order valence-electron chi connectivity index (χ0n) is 14.2. The summed E-state index contributed by atoms with van der Waals surface area (Å²) in [7, 11) is 1.69. The zero-order chi connectivity index (χ0) is 18.2. The Bertz CT molecular complexity index is 769. The summed E-state index contributed by atoms with van der Waals surface area (Å²) >= 11 is 5.80. The number of carbonyl (C=O) groups excluding carboxylic acids is 2. The van der Waals surface area contributed by atoms with Crippen LogP contribution in [0.25, 0.3) is 6.08 Å². The van der Waals surface area contributed by atoms with Crippen LogP contribution in [-0.2, 0) is 20.9 Å². The van der Waals surface area contributed by atoms with Gasteiger partial charge in [-0.3, -0.25) is 4.79 Å². The Hall–Kier alpha value is -2.59. The molecule has 0 aliphatic carbocycles. The van der Waals surface area contributed by atoms with Crippen LogP contribution in [0.15, 0.2) is 54.6 Å². The maximum atomic E-state index is 12.1. The number of amides is 1. The second kappa shape index (κ2) is 9.04. The van der Waals surface area contributed by atoms with Gasteiger partial charge in [0.05, 0.1) is 0 Å². The van der Waals surface area contributed by atoms with Gasteiger partial charge in [-0.2, -0.15) is 0 Å². The number of carbonyl (C=O) groups is 2. The molecule has 0 bridgehead atoms. The summed E-state index contributed by atoms with van der Waals surface area (Å²) in [5.74, 6) is -0.816. The topological polar surface area (TPSA) is 46.6 Å². The molecule has 0 heterocycles. The average molecular weight is 358 g/mol. The molecule has 0 saturated heterocycles. The normalized spacial score (nSPS) is 10.7. The molecule has 0 aliphatic rings. The first-order valence-electron chi connectivity index (χ1n) is 7.84. The Balaban J connectivity index is 1.81. The van der Waals surface area contributed by atoms with Crippen molar-refractivity contribution in [3.63, 3.8) is 0 Å². The van der Waals surface area contributed by atoms with Crippen molar-refractivity contribution in [2.45, 2.75) is 13.5 Å². The van der Waals surface area contributed by atoms with E-state index in [1.807, 2.05) is 31.2 Å². The van der Waals surface area contributed by atoms with Gasteiger partial charge in [-0.05, 0) is 41.8 Å². The van der Waals surface area contributed by atoms with Crippen LogP contribution in [0.5, 0.6) is 0 Å². The predicted molar refractivity (Wildman–Crippen MR) is 99.1 cm³/mol. The van der Waals surface area contributed by atoms with Gasteiger partial charge in [0.2, 0.25) is 0 Å². The first kappa shape index (κ1) is 18.7. The van der Waals surface area contributed by atoms with Crippen LogP contribution in [0.3, 0.4) is 0 Å². The molecule has 0 radical (unpaired) electrons. The minimum Gasteiger partial charge on any atom is -0.452 e.